The zero-order valence-electron chi connectivity index (χ0n) is 23.5. The van der Waals surface area contributed by atoms with E-state index in [1.807, 2.05) is 31.2 Å². The number of allylic oxidation sites excluding steroid dienone is 2. The van der Waals surface area contributed by atoms with Gasteiger partial charge in [-0.25, -0.2) is 0 Å². The standard InChI is InChI=1S/C28H47O8P/c1-7-9-12-15-24(34-21(3)29)17-18-26-25(16-13-10-11-14-19-37(6,32)33-8-2)27(35-22(4)30)20-28(26)36-23(5)31/h10,13,17-18,24-28H,7-9,11-12,14-16,19-20H2,1-6H3/b13-10-,18-17+/t24-,25+,26+,27-,28+,37?/m0/s1. The summed E-state index contributed by atoms with van der Waals surface area (Å²) in [6.07, 6.45) is 13.6. The van der Waals surface area contributed by atoms with E-state index in [1.54, 1.807) is 6.66 Å². The fourth-order valence-electron chi connectivity index (χ4n) is 4.81. The number of carbonyl (C=O) groups is 3. The lowest BCUT2D eigenvalue weighted by molar-refractivity contribution is -0.149. The first-order chi connectivity index (χ1) is 17.5. The van der Waals surface area contributed by atoms with Gasteiger partial charge in [0.05, 0.1) is 6.61 Å². The second kappa shape index (κ2) is 17.6. The van der Waals surface area contributed by atoms with Crippen molar-refractivity contribution in [3.05, 3.63) is 24.3 Å². The lowest BCUT2D eigenvalue weighted by atomic mass is 9.89. The smallest absolute Gasteiger partial charge is 0.303 e. The Morgan fingerprint density at radius 3 is 2.22 bits per heavy atom. The molecule has 0 N–H and O–H groups in total. The molecule has 1 fully saturated rings. The fraction of sp³-hybridized carbons (Fsp3) is 0.750. The molecule has 8 nitrogen and oxygen atoms in total. The van der Waals surface area contributed by atoms with Gasteiger partial charge in [0.25, 0.3) is 0 Å². The van der Waals surface area contributed by atoms with Crippen LogP contribution >= 0.6 is 7.37 Å². The maximum atomic E-state index is 12.3. The van der Waals surface area contributed by atoms with Crippen molar-refractivity contribution >= 4 is 25.3 Å². The minimum atomic E-state index is -2.54. The molecule has 9 heteroatoms. The first kappa shape index (κ1) is 33.1. The van der Waals surface area contributed by atoms with Gasteiger partial charge in [0.1, 0.15) is 18.3 Å². The lowest BCUT2D eigenvalue weighted by Gasteiger charge is -2.23. The molecular formula is C28H47O8P. The molecule has 0 aromatic carbocycles. The van der Waals surface area contributed by atoms with Crippen molar-refractivity contribution in [3.63, 3.8) is 0 Å². The highest BCUT2D eigenvalue weighted by molar-refractivity contribution is 7.58. The number of ether oxygens (including phenoxy) is 3. The van der Waals surface area contributed by atoms with E-state index in [1.165, 1.54) is 20.8 Å². The van der Waals surface area contributed by atoms with Crippen LogP contribution in [0.15, 0.2) is 24.3 Å². The van der Waals surface area contributed by atoms with Crippen LogP contribution in [-0.2, 0) is 37.7 Å². The third kappa shape index (κ3) is 14.0. The maximum absolute atomic E-state index is 12.3. The van der Waals surface area contributed by atoms with E-state index in [4.69, 9.17) is 18.7 Å². The van der Waals surface area contributed by atoms with Gasteiger partial charge in [0.2, 0.25) is 0 Å². The van der Waals surface area contributed by atoms with Crippen LogP contribution in [0.3, 0.4) is 0 Å². The number of unbranched alkanes of at least 4 members (excludes halogenated alkanes) is 3. The summed E-state index contributed by atoms with van der Waals surface area (Å²) in [6, 6.07) is 0. The molecule has 1 aliphatic rings. The van der Waals surface area contributed by atoms with Crippen molar-refractivity contribution in [1.29, 1.82) is 0 Å². The minimum absolute atomic E-state index is 0.102. The number of carbonyl (C=O) groups excluding carboxylic acids is 3. The molecule has 0 radical (unpaired) electrons. The van der Waals surface area contributed by atoms with Gasteiger partial charge >= 0.3 is 17.9 Å². The molecule has 1 aliphatic carbocycles. The molecule has 6 atom stereocenters. The average Bonchev–Trinajstić information content (AvgIpc) is 3.08. The summed E-state index contributed by atoms with van der Waals surface area (Å²) in [7, 11) is -2.54. The van der Waals surface area contributed by atoms with Gasteiger partial charge in [-0.3, -0.25) is 18.9 Å². The SMILES string of the molecule is CCCCC[C@@H](/C=C/[C@@H]1[C@@H](C/C=C\CCCP(C)(=O)OCC)[C@@H](OC(C)=O)C[C@H]1OC(C)=O)OC(C)=O. The Balaban J connectivity index is 3.02. The van der Waals surface area contributed by atoms with Gasteiger partial charge < -0.3 is 18.7 Å². The third-order valence-electron chi connectivity index (χ3n) is 6.37. The summed E-state index contributed by atoms with van der Waals surface area (Å²) in [5, 5.41) is 0. The Morgan fingerprint density at radius 1 is 0.946 bits per heavy atom. The predicted octanol–water partition coefficient (Wildman–Crippen LogP) is 6.23. The topological polar surface area (TPSA) is 105 Å². The molecule has 0 spiro atoms. The van der Waals surface area contributed by atoms with Crippen LogP contribution in [0.2, 0.25) is 0 Å². The first-order valence-corrected chi connectivity index (χ1v) is 15.8. The Labute approximate surface area is 223 Å². The van der Waals surface area contributed by atoms with E-state index in [-0.39, 0.29) is 35.8 Å². The average molecular weight is 543 g/mol. The monoisotopic (exact) mass is 542 g/mol. The highest BCUT2D eigenvalue weighted by Crippen LogP contribution is 2.43. The van der Waals surface area contributed by atoms with Crippen molar-refractivity contribution in [2.45, 2.75) is 104 Å². The Hall–Kier alpha value is -1.92. The van der Waals surface area contributed by atoms with Crippen LogP contribution in [0.1, 0.15) is 86.0 Å². The van der Waals surface area contributed by atoms with Gasteiger partial charge in [-0.2, -0.15) is 0 Å². The molecule has 0 heterocycles. The van der Waals surface area contributed by atoms with Gasteiger partial charge in [-0.05, 0) is 45.1 Å². The van der Waals surface area contributed by atoms with Crippen molar-refractivity contribution in [2.75, 3.05) is 19.4 Å². The van der Waals surface area contributed by atoms with Crippen LogP contribution in [0.4, 0.5) is 0 Å². The summed E-state index contributed by atoms with van der Waals surface area (Å²) in [5.41, 5.74) is 0. The van der Waals surface area contributed by atoms with Gasteiger partial charge in [0.15, 0.2) is 7.37 Å². The largest absolute Gasteiger partial charge is 0.462 e. The Morgan fingerprint density at radius 2 is 1.62 bits per heavy atom. The first-order valence-electron chi connectivity index (χ1n) is 13.5. The van der Waals surface area contributed by atoms with Crippen LogP contribution in [0.5, 0.6) is 0 Å². The zero-order chi connectivity index (χ0) is 27.8. The van der Waals surface area contributed by atoms with Crippen molar-refractivity contribution < 1.29 is 37.7 Å². The van der Waals surface area contributed by atoms with Gasteiger partial charge in [-0.1, -0.05) is 38.0 Å². The zero-order valence-corrected chi connectivity index (χ0v) is 24.4. The lowest BCUT2D eigenvalue weighted by Crippen LogP contribution is -2.25. The summed E-state index contributed by atoms with van der Waals surface area (Å²) >= 11 is 0. The summed E-state index contributed by atoms with van der Waals surface area (Å²) in [6.45, 7) is 10.2. The number of hydrogen-bond donors (Lipinski definition) is 0. The van der Waals surface area contributed by atoms with Crippen molar-refractivity contribution in [2.24, 2.45) is 11.8 Å². The number of esters is 3. The van der Waals surface area contributed by atoms with Gasteiger partial charge in [-0.15, -0.1) is 0 Å². The highest BCUT2D eigenvalue weighted by Gasteiger charge is 2.45. The molecule has 212 valence electrons. The van der Waals surface area contributed by atoms with Crippen molar-refractivity contribution in [1.82, 2.24) is 0 Å². The second-order valence-corrected chi connectivity index (χ2v) is 12.5. The Bertz CT molecular complexity index is 821. The summed E-state index contributed by atoms with van der Waals surface area (Å²) in [4.78, 5) is 35.3. The molecule has 0 aromatic rings. The van der Waals surface area contributed by atoms with E-state index in [2.05, 4.69) is 6.92 Å². The molecule has 0 bridgehead atoms. The second-order valence-electron chi connectivity index (χ2n) is 9.81. The third-order valence-corrected chi connectivity index (χ3v) is 8.30. The van der Waals surface area contributed by atoms with Crippen LogP contribution in [0, 0.1) is 11.8 Å². The van der Waals surface area contributed by atoms with E-state index >= 15 is 0 Å². The van der Waals surface area contributed by atoms with E-state index in [0.29, 0.717) is 25.6 Å². The molecule has 1 unspecified atom stereocenters. The highest BCUT2D eigenvalue weighted by atomic mass is 31.2. The molecule has 1 rings (SSSR count). The van der Waals surface area contributed by atoms with E-state index in [0.717, 1.165) is 38.5 Å². The molecule has 37 heavy (non-hydrogen) atoms. The van der Waals surface area contributed by atoms with E-state index < -0.39 is 19.6 Å². The quantitative estimate of drug-likeness (QED) is 0.0701. The summed E-state index contributed by atoms with van der Waals surface area (Å²) < 4.78 is 34.4. The molecule has 1 saturated carbocycles. The predicted molar refractivity (Wildman–Crippen MR) is 145 cm³/mol. The van der Waals surface area contributed by atoms with Crippen LogP contribution in [0.25, 0.3) is 0 Å². The minimum Gasteiger partial charge on any atom is -0.462 e. The molecule has 0 aliphatic heterocycles. The normalized spacial score (nSPS) is 24.2. The summed E-state index contributed by atoms with van der Waals surface area (Å²) in [5.74, 6) is -1.41. The maximum Gasteiger partial charge on any atom is 0.303 e. The van der Waals surface area contributed by atoms with Crippen LogP contribution < -0.4 is 0 Å². The van der Waals surface area contributed by atoms with Crippen LogP contribution in [-0.4, -0.2) is 55.7 Å². The molecule has 0 saturated heterocycles. The molecule has 0 aromatic heterocycles. The van der Waals surface area contributed by atoms with Gasteiger partial charge in [0, 0.05) is 51.9 Å². The number of hydrogen-bond acceptors (Lipinski definition) is 8. The fourth-order valence-corrected chi connectivity index (χ4v) is 6.24. The van der Waals surface area contributed by atoms with E-state index in [9.17, 15) is 18.9 Å². The molecular weight excluding hydrogens is 495 g/mol. The molecule has 0 amide bonds. The number of rotatable bonds is 17. The van der Waals surface area contributed by atoms with Crippen molar-refractivity contribution in [3.8, 4) is 0 Å². The Kier molecular flexibility index (Phi) is 15.7.